The number of likely N-dealkylation sites (N-methyl/N-ethyl adjacent to an activating group) is 1. The van der Waals surface area contributed by atoms with E-state index in [1.165, 1.54) is 7.05 Å². The van der Waals surface area contributed by atoms with Crippen molar-refractivity contribution in [2.24, 2.45) is 0 Å². The van der Waals surface area contributed by atoms with Gasteiger partial charge in [-0.05, 0) is 24.1 Å². The highest BCUT2D eigenvalue weighted by molar-refractivity contribution is 6.31. The third kappa shape index (κ3) is 2.82. The first-order valence-electron chi connectivity index (χ1n) is 5.57. The van der Waals surface area contributed by atoms with Crippen molar-refractivity contribution < 1.29 is 19.1 Å². The Balaban J connectivity index is 2.07. The number of hydrogen-bond acceptors (Lipinski definition) is 4. The summed E-state index contributed by atoms with van der Waals surface area (Å²) in [6, 6.07) is 5.17. The Morgan fingerprint density at radius 3 is 2.84 bits per heavy atom. The highest BCUT2D eigenvalue weighted by Crippen LogP contribution is 2.12. The number of aromatic amines is 1. The van der Waals surface area contributed by atoms with Crippen LogP contribution in [-0.4, -0.2) is 40.5 Å². The zero-order valence-electron chi connectivity index (χ0n) is 10.2. The number of aliphatic carboxylic acids is 1. The number of aromatic nitrogens is 1. The van der Waals surface area contributed by atoms with E-state index in [1.54, 1.807) is 18.2 Å². The number of carbonyl (C=O) groups excluding carboxylic acids is 1. The van der Waals surface area contributed by atoms with Crippen LogP contribution in [0.25, 0.3) is 11.1 Å². The predicted molar refractivity (Wildman–Crippen MR) is 65.8 cm³/mol. The summed E-state index contributed by atoms with van der Waals surface area (Å²) < 4.78 is 4.92. The zero-order chi connectivity index (χ0) is 14.0. The molecule has 2 rings (SSSR count). The van der Waals surface area contributed by atoms with Gasteiger partial charge in [0.25, 0.3) is 0 Å². The number of fused-ring (bicyclic) bond motifs is 1. The first-order valence-corrected chi connectivity index (χ1v) is 5.57. The van der Waals surface area contributed by atoms with Crippen LogP contribution in [0.5, 0.6) is 0 Å². The monoisotopic (exact) mass is 264 g/mol. The van der Waals surface area contributed by atoms with Crippen LogP contribution in [0.2, 0.25) is 0 Å². The van der Waals surface area contributed by atoms with Gasteiger partial charge in [0.15, 0.2) is 5.58 Å². The van der Waals surface area contributed by atoms with E-state index in [2.05, 4.69) is 4.98 Å². The molecule has 1 aromatic carbocycles. The van der Waals surface area contributed by atoms with E-state index in [9.17, 15) is 14.4 Å². The Morgan fingerprint density at radius 2 is 2.16 bits per heavy atom. The van der Waals surface area contributed by atoms with Crippen LogP contribution in [0.1, 0.15) is 5.56 Å². The van der Waals surface area contributed by atoms with Crippen LogP contribution in [0.15, 0.2) is 27.4 Å². The summed E-state index contributed by atoms with van der Waals surface area (Å²) in [5.41, 5.74) is 1.89. The number of rotatable bonds is 3. The minimum Gasteiger partial charge on any atom is -0.474 e. The number of carboxylic acid groups (broad SMARTS) is 1. The molecule has 1 heterocycles. The van der Waals surface area contributed by atoms with Gasteiger partial charge in [0.2, 0.25) is 0 Å². The molecule has 7 nitrogen and oxygen atoms in total. The molecule has 0 unspecified atom stereocenters. The molecule has 0 spiro atoms. The lowest BCUT2D eigenvalue weighted by Crippen LogP contribution is -2.34. The minimum absolute atomic E-state index is 0.269. The Morgan fingerprint density at radius 1 is 1.42 bits per heavy atom. The van der Waals surface area contributed by atoms with Gasteiger partial charge >= 0.3 is 17.6 Å². The smallest absolute Gasteiger partial charge is 0.417 e. The van der Waals surface area contributed by atoms with Crippen molar-refractivity contribution in [3.8, 4) is 0 Å². The van der Waals surface area contributed by atoms with Gasteiger partial charge in [-0.2, -0.15) is 0 Å². The number of carboxylic acids is 1. The lowest BCUT2D eigenvalue weighted by atomic mass is 10.1. The summed E-state index contributed by atoms with van der Waals surface area (Å²) in [6.07, 6.45) is 0.473. The maximum atomic E-state index is 11.1. The molecule has 1 amide bonds. The zero-order valence-corrected chi connectivity index (χ0v) is 10.2. The standard InChI is InChI=1S/C12H12N2O5/c1-14(10(15)11(16)17)5-4-7-2-3-8-9(6-7)19-12(18)13-8/h2-3,6H,4-5H2,1H3,(H,13,18)(H,16,17). The fraction of sp³-hybridized carbons (Fsp3) is 0.250. The fourth-order valence-corrected chi connectivity index (χ4v) is 1.71. The van der Waals surface area contributed by atoms with E-state index in [4.69, 9.17) is 9.52 Å². The molecule has 0 bridgehead atoms. The lowest BCUT2D eigenvalue weighted by molar-refractivity contribution is -0.155. The molecule has 0 aliphatic heterocycles. The van der Waals surface area contributed by atoms with E-state index in [0.717, 1.165) is 10.5 Å². The fourth-order valence-electron chi connectivity index (χ4n) is 1.71. The predicted octanol–water partition coefficient (Wildman–Crippen LogP) is 0.207. The number of hydrogen-bond donors (Lipinski definition) is 2. The third-order valence-corrected chi connectivity index (χ3v) is 2.75. The summed E-state index contributed by atoms with van der Waals surface area (Å²) in [5, 5.41) is 8.55. The van der Waals surface area contributed by atoms with Crippen LogP contribution >= 0.6 is 0 Å². The van der Waals surface area contributed by atoms with Crippen molar-refractivity contribution in [3.63, 3.8) is 0 Å². The summed E-state index contributed by atoms with van der Waals surface area (Å²) in [5.74, 6) is -2.95. The number of nitrogens with zero attached hydrogens (tertiary/aromatic N) is 1. The van der Waals surface area contributed by atoms with Gasteiger partial charge in [0.05, 0.1) is 5.52 Å². The quantitative estimate of drug-likeness (QED) is 0.771. The Bertz CT molecular complexity index is 685. The topological polar surface area (TPSA) is 104 Å². The number of H-pyrrole nitrogens is 1. The largest absolute Gasteiger partial charge is 0.474 e. The van der Waals surface area contributed by atoms with Gasteiger partial charge in [-0.25, -0.2) is 9.59 Å². The first-order chi connectivity index (χ1) is 8.97. The maximum Gasteiger partial charge on any atom is 0.417 e. The molecule has 1 aromatic heterocycles. The van der Waals surface area contributed by atoms with E-state index in [0.29, 0.717) is 17.5 Å². The molecule has 7 heteroatoms. The second kappa shape index (κ2) is 4.97. The van der Waals surface area contributed by atoms with Crippen molar-refractivity contribution >= 4 is 23.0 Å². The number of carbonyl (C=O) groups is 2. The summed E-state index contributed by atoms with van der Waals surface area (Å²) in [4.78, 5) is 36.3. The first kappa shape index (κ1) is 12.9. The van der Waals surface area contributed by atoms with Crippen molar-refractivity contribution in [2.45, 2.75) is 6.42 Å². The van der Waals surface area contributed by atoms with Crippen LogP contribution < -0.4 is 5.76 Å². The number of nitrogens with one attached hydrogen (secondary N) is 1. The van der Waals surface area contributed by atoms with Gasteiger partial charge in [0, 0.05) is 13.6 Å². The summed E-state index contributed by atoms with van der Waals surface area (Å²) >= 11 is 0. The molecule has 0 atom stereocenters. The van der Waals surface area contributed by atoms with Gasteiger partial charge in [0.1, 0.15) is 0 Å². The molecular weight excluding hydrogens is 252 g/mol. The Labute approximate surface area is 107 Å². The third-order valence-electron chi connectivity index (χ3n) is 2.75. The van der Waals surface area contributed by atoms with Crippen molar-refractivity contribution in [2.75, 3.05) is 13.6 Å². The van der Waals surface area contributed by atoms with E-state index < -0.39 is 17.6 Å². The van der Waals surface area contributed by atoms with Crippen LogP contribution in [-0.2, 0) is 16.0 Å². The number of oxazole rings is 1. The highest BCUT2D eigenvalue weighted by Gasteiger charge is 2.16. The molecule has 2 N–H and O–H groups in total. The van der Waals surface area contributed by atoms with E-state index in [1.807, 2.05) is 0 Å². The molecule has 0 fully saturated rings. The van der Waals surface area contributed by atoms with Gasteiger partial charge in [-0.15, -0.1) is 0 Å². The van der Waals surface area contributed by atoms with Crippen LogP contribution in [0.3, 0.4) is 0 Å². The normalized spacial score (nSPS) is 10.6. The Hall–Kier alpha value is -2.57. The van der Waals surface area contributed by atoms with E-state index >= 15 is 0 Å². The molecular formula is C12H12N2O5. The summed E-state index contributed by atoms with van der Waals surface area (Å²) in [7, 11) is 1.42. The SMILES string of the molecule is CN(CCc1ccc2[nH]c(=O)oc2c1)C(=O)C(=O)O. The Kier molecular flexibility index (Phi) is 3.37. The van der Waals surface area contributed by atoms with Crippen LogP contribution in [0.4, 0.5) is 0 Å². The van der Waals surface area contributed by atoms with Gasteiger partial charge < -0.3 is 14.4 Å². The number of benzene rings is 1. The second-order valence-corrected chi connectivity index (χ2v) is 4.13. The summed E-state index contributed by atoms with van der Waals surface area (Å²) in [6.45, 7) is 0.269. The van der Waals surface area contributed by atoms with Gasteiger partial charge in [-0.3, -0.25) is 9.78 Å². The van der Waals surface area contributed by atoms with Crippen molar-refractivity contribution in [1.82, 2.24) is 9.88 Å². The van der Waals surface area contributed by atoms with Crippen molar-refractivity contribution in [1.29, 1.82) is 0 Å². The molecule has 0 aliphatic rings. The maximum absolute atomic E-state index is 11.1. The average Bonchev–Trinajstić information content (AvgIpc) is 2.74. The molecule has 2 aromatic rings. The minimum atomic E-state index is -1.48. The molecule has 100 valence electrons. The van der Waals surface area contributed by atoms with Gasteiger partial charge in [-0.1, -0.05) is 6.07 Å². The molecule has 0 saturated carbocycles. The molecule has 0 saturated heterocycles. The molecule has 0 aliphatic carbocycles. The highest BCUT2D eigenvalue weighted by atomic mass is 16.4. The number of amides is 1. The molecule has 19 heavy (non-hydrogen) atoms. The van der Waals surface area contributed by atoms with Crippen LogP contribution in [0, 0.1) is 0 Å². The lowest BCUT2D eigenvalue weighted by Gasteiger charge is -2.14. The molecule has 0 radical (unpaired) electrons. The second-order valence-electron chi connectivity index (χ2n) is 4.13. The van der Waals surface area contributed by atoms with Crippen molar-refractivity contribution in [3.05, 3.63) is 34.3 Å². The van der Waals surface area contributed by atoms with E-state index in [-0.39, 0.29) is 6.54 Å². The average molecular weight is 264 g/mol.